The van der Waals surface area contributed by atoms with E-state index >= 15 is 0 Å². The van der Waals surface area contributed by atoms with Crippen molar-refractivity contribution in [2.75, 3.05) is 18.6 Å². The summed E-state index contributed by atoms with van der Waals surface area (Å²) in [6, 6.07) is 9.01. The Morgan fingerprint density at radius 3 is 2.95 bits per heavy atom. The molecule has 1 saturated heterocycles. The van der Waals surface area contributed by atoms with Gasteiger partial charge in [-0.25, -0.2) is 0 Å². The highest BCUT2D eigenvalue weighted by molar-refractivity contribution is 5.99. The Morgan fingerprint density at radius 2 is 2.27 bits per heavy atom. The van der Waals surface area contributed by atoms with Gasteiger partial charge in [-0.2, -0.15) is 0 Å². The summed E-state index contributed by atoms with van der Waals surface area (Å²) in [6.45, 7) is 0.223. The van der Waals surface area contributed by atoms with Gasteiger partial charge in [0.15, 0.2) is 0 Å². The number of methoxy groups -OCH3 is 1. The van der Waals surface area contributed by atoms with E-state index in [0.29, 0.717) is 17.3 Å². The van der Waals surface area contributed by atoms with Crippen LogP contribution in [0.15, 0.2) is 34.9 Å². The molecule has 0 saturated carbocycles. The number of aromatic nitrogens is 1. The van der Waals surface area contributed by atoms with E-state index in [9.17, 15) is 9.59 Å². The van der Waals surface area contributed by atoms with Crippen LogP contribution in [0.2, 0.25) is 0 Å². The van der Waals surface area contributed by atoms with Crippen LogP contribution < -0.4 is 15.4 Å². The maximum atomic E-state index is 11.9. The molecule has 1 aromatic carbocycles. The lowest BCUT2D eigenvalue weighted by Gasteiger charge is -2.10. The molecule has 1 fully saturated rings. The highest BCUT2D eigenvalue weighted by Crippen LogP contribution is 2.30. The van der Waals surface area contributed by atoms with E-state index < -0.39 is 11.8 Å². The van der Waals surface area contributed by atoms with Crippen LogP contribution >= 0.6 is 0 Å². The molecule has 1 aliphatic heterocycles. The molecule has 7 nitrogen and oxygen atoms in total. The van der Waals surface area contributed by atoms with E-state index in [4.69, 9.17) is 15.0 Å². The highest BCUT2D eigenvalue weighted by atomic mass is 16.5. The summed E-state index contributed by atoms with van der Waals surface area (Å²) in [4.78, 5) is 24.5. The molecule has 2 amide bonds. The third kappa shape index (κ3) is 2.52. The van der Waals surface area contributed by atoms with E-state index in [1.165, 1.54) is 4.90 Å². The van der Waals surface area contributed by atoms with E-state index in [2.05, 4.69) is 5.16 Å². The molecule has 22 heavy (non-hydrogen) atoms. The molecule has 3 rings (SSSR count). The summed E-state index contributed by atoms with van der Waals surface area (Å²) >= 11 is 0. The first-order valence-electron chi connectivity index (χ1n) is 6.79. The van der Waals surface area contributed by atoms with Crippen LogP contribution in [0.25, 0.3) is 11.3 Å². The van der Waals surface area contributed by atoms with Gasteiger partial charge in [-0.15, -0.1) is 0 Å². The van der Waals surface area contributed by atoms with E-state index in [0.717, 1.165) is 5.56 Å². The monoisotopic (exact) mass is 301 g/mol. The van der Waals surface area contributed by atoms with Crippen molar-refractivity contribution < 1.29 is 18.8 Å². The van der Waals surface area contributed by atoms with Crippen molar-refractivity contribution in [2.24, 2.45) is 11.7 Å². The van der Waals surface area contributed by atoms with Crippen molar-refractivity contribution >= 4 is 17.7 Å². The first-order valence-corrected chi connectivity index (χ1v) is 6.79. The van der Waals surface area contributed by atoms with E-state index in [1.807, 2.05) is 24.3 Å². The molecule has 1 aromatic heterocycles. The number of hydrogen-bond donors (Lipinski definition) is 1. The number of nitrogens with two attached hydrogens (primary N) is 1. The zero-order valence-electron chi connectivity index (χ0n) is 12.0. The van der Waals surface area contributed by atoms with Crippen LogP contribution in [0.5, 0.6) is 5.75 Å². The minimum absolute atomic E-state index is 0.102. The molecule has 0 aliphatic carbocycles. The van der Waals surface area contributed by atoms with Gasteiger partial charge in [-0.05, 0) is 12.1 Å². The van der Waals surface area contributed by atoms with E-state index in [-0.39, 0.29) is 18.9 Å². The SMILES string of the molecule is COc1cccc(-c2cc(N3CC(C(N)=O)CC3=O)on2)c1. The Morgan fingerprint density at radius 1 is 1.45 bits per heavy atom. The van der Waals surface area contributed by atoms with Crippen molar-refractivity contribution in [3.63, 3.8) is 0 Å². The molecule has 1 aliphatic rings. The highest BCUT2D eigenvalue weighted by Gasteiger charge is 2.35. The van der Waals surface area contributed by atoms with Crippen LogP contribution in [-0.2, 0) is 9.59 Å². The predicted octanol–water partition coefficient (Wildman–Crippen LogP) is 1.19. The number of carbonyl (C=O) groups excluding carboxylic acids is 2. The fraction of sp³-hybridized carbons (Fsp3) is 0.267. The second kappa shape index (κ2) is 5.51. The smallest absolute Gasteiger partial charge is 0.234 e. The zero-order valence-corrected chi connectivity index (χ0v) is 12.0. The van der Waals surface area contributed by atoms with Crippen LogP contribution in [0.4, 0.5) is 5.88 Å². The van der Waals surface area contributed by atoms with Crippen molar-refractivity contribution in [3.8, 4) is 17.0 Å². The van der Waals surface area contributed by atoms with Gasteiger partial charge in [0.2, 0.25) is 17.7 Å². The van der Waals surface area contributed by atoms with Gasteiger partial charge < -0.3 is 15.0 Å². The number of benzene rings is 1. The second-order valence-corrected chi connectivity index (χ2v) is 5.09. The first kappa shape index (κ1) is 14.1. The van der Waals surface area contributed by atoms with Gasteiger partial charge in [-0.1, -0.05) is 17.3 Å². The molecule has 114 valence electrons. The van der Waals surface area contributed by atoms with Crippen molar-refractivity contribution in [1.29, 1.82) is 0 Å². The van der Waals surface area contributed by atoms with Crippen molar-refractivity contribution in [1.82, 2.24) is 5.16 Å². The Bertz CT molecular complexity index is 725. The lowest BCUT2D eigenvalue weighted by Crippen LogP contribution is -2.28. The van der Waals surface area contributed by atoms with Crippen LogP contribution in [0.3, 0.4) is 0 Å². The molecule has 0 bridgehead atoms. The molecule has 7 heteroatoms. The molecule has 2 aromatic rings. The molecular formula is C15H15N3O4. The summed E-state index contributed by atoms with van der Waals surface area (Å²) in [7, 11) is 1.58. The standard InChI is InChI=1S/C15H15N3O4/c1-21-11-4-2-3-9(5-11)12-7-14(22-17-12)18-8-10(15(16)20)6-13(18)19/h2-5,7,10H,6,8H2,1H3,(H2,16,20). The Balaban J connectivity index is 1.85. The largest absolute Gasteiger partial charge is 0.497 e. The lowest BCUT2D eigenvalue weighted by atomic mass is 10.1. The molecule has 2 heterocycles. The van der Waals surface area contributed by atoms with Gasteiger partial charge >= 0.3 is 0 Å². The third-order valence-electron chi connectivity index (χ3n) is 3.66. The number of carbonyl (C=O) groups is 2. The number of rotatable bonds is 4. The maximum absolute atomic E-state index is 11.9. The van der Waals surface area contributed by atoms with Crippen molar-refractivity contribution in [2.45, 2.75) is 6.42 Å². The molecule has 2 N–H and O–H groups in total. The number of amides is 2. The second-order valence-electron chi connectivity index (χ2n) is 5.09. The molecular weight excluding hydrogens is 286 g/mol. The van der Waals surface area contributed by atoms with Gasteiger partial charge in [0.25, 0.3) is 0 Å². The summed E-state index contributed by atoms with van der Waals surface area (Å²) in [5.74, 6) is -0.155. The topological polar surface area (TPSA) is 98.7 Å². The fourth-order valence-electron chi connectivity index (χ4n) is 2.42. The average Bonchev–Trinajstić information content (AvgIpc) is 3.13. The molecule has 1 unspecified atom stereocenters. The van der Waals surface area contributed by atoms with Gasteiger partial charge in [-0.3, -0.25) is 14.5 Å². The van der Waals surface area contributed by atoms with Gasteiger partial charge in [0.05, 0.1) is 13.0 Å². The van der Waals surface area contributed by atoms with E-state index in [1.54, 1.807) is 13.2 Å². The number of anilines is 1. The average molecular weight is 301 g/mol. The minimum atomic E-state index is -0.488. The number of ether oxygens (including phenoxy) is 1. The molecule has 1 atom stereocenters. The van der Waals surface area contributed by atoms with Gasteiger partial charge in [0.1, 0.15) is 11.4 Å². The third-order valence-corrected chi connectivity index (χ3v) is 3.66. The Hall–Kier alpha value is -2.83. The number of primary amides is 1. The first-order chi connectivity index (χ1) is 10.6. The van der Waals surface area contributed by atoms with Crippen LogP contribution in [-0.4, -0.2) is 30.6 Å². The van der Waals surface area contributed by atoms with Gasteiger partial charge in [0, 0.05) is 24.6 Å². The van der Waals surface area contributed by atoms with Crippen LogP contribution in [0, 0.1) is 5.92 Å². The summed E-state index contributed by atoms with van der Waals surface area (Å²) in [5.41, 5.74) is 6.65. The number of hydrogen-bond acceptors (Lipinski definition) is 5. The minimum Gasteiger partial charge on any atom is -0.497 e. The predicted molar refractivity (Wildman–Crippen MR) is 78.1 cm³/mol. The Kier molecular flexibility index (Phi) is 3.54. The fourth-order valence-corrected chi connectivity index (χ4v) is 2.42. The maximum Gasteiger partial charge on any atom is 0.234 e. The summed E-state index contributed by atoms with van der Waals surface area (Å²) in [6.07, 6.45) is 0.102. The van der Waals surface area contributed by atoms with Crippen molar-refractivity contribution in [3.05, 3.63) is 30.3 Å². The quantitative estimate of drug-likeness (QED) is 0.914. The molecule has 0 radical (unpaired) electrons. The zero-order chi connectivity index (χ0) is 15.7. The lowest BCUT2D eigenvalue weighted by molar-refractivity contribution is -0.123. The summed E-state index contributed by atoms with van der Waals surface area (Å²) in [5, 5.41) is 3.97. The normalized spacial score (nSPS) is 17.8. The van der Waals surface area contributed by atoms with Crippen LogP contribution in [0.1, 0.15) is 6.42 Å². The summed E-state index contributed by atoms with van der Waals surface area (Å²) < 4.78 is 10.4. The molecule has 0 spiro atoms. The Labute approximate surface area is 126 Å². The number of nitrogens with zero attached hydrogens (tertiary/aromatic N) is 2.